The number of hydrogen-bond acceptors (Lipinski definition) is 5. The molecule has 1 unspecified atom stereocenters. The van der Waals surface area contributed by atoms with Gasteiger partial charge in [-0.25, -0.2) is 0 Å². The third-order valence-corrected chi connectivity index (χ3v) is 5.04. The van der Waals surface area contributed by atoms with Crippen molar-refractivity contribution in [1.29, 1.82) is 0 Å². The maximum Gasteiger partial charge on any atom is 0.226 e. The molecule has 1 aliphatic carbocycles. The number of carbonyl (C=O) groups is 1. The highest BCUT2D eigenvalue weighted by Gasteiger charge is 2.52. The van der Waals surface area contributed by atoms with Crippen LogP contribution in [-0.4, -0.2) is 56.8 Å². The van der Waals surface area contributed by atoms with Crippen molar-refractivity contribution in [3.63, 3.8) is 0 Å². The van der Waals surface area contributed by atoms with Gasteiger partial charge < -0.3 is 9.80 Å². The molecule has 7 nitrogen and oxygen atoms in total. The standard InChI is InChI=1S/C15H20N6O/c1-15(2)6-11(15)14(22)19(3)10-7-20(8-10)13-5-4-12-17-16-9-21(12)18-13/h4-5,9-11H,6-8H2,1-3H3. The van der Waals surface area contributed by atoms with Crippen LogP contribution < -0.4 is 4.90 Å². The van der Waals surface area contributed by atoms with Gasteiger partial charge in [0.25, 0.3) is 0 Å². The monoisotopic (exact) mass is 300 g/mol. The summed E-state index contributed by atoms with van der Waals surface area (Å²) < 4.78 is 1.67. The molecule has 7 heteroatoms. The first kappa shape index (κ1) is 13.5. The van der Waals surface area contributed by atoms with Gasteiger partial charge in [0.15, 0.2) is 5.65 Å². The Hall–Kier alpha value is -2.18. The summed E-state index contributed by atoms with van der Waals surface area (Å²) in [7, 11) is 1.93. The third-order valence-electron chi connectivity index (χ3n) is 5.04. The Labute approximate surface area is 128 Å². The lowest BCUT2D eigenvalue weighted by Crippen LogP contribution is -2.60. The Morgan fingerprint density at radius 3 is 2.77 bits per heavy atom. The van der Waals surface area contributed by atoms with Crippen molar-refractivity contribution >= 4 is 17.4 Å². The fourth-order valence-corrected chi connectivity index (χ4v) is 3.09. The minimum Gasteiger partial charge on any atom is -0.351 e. The number of nitrogens with zero attached hydrogens (tertiary/aromatic N) is 6. The molecule has 0 spiro atoms. The fourth-order valence-electron chi connectivity index (χ4n) is 3.09. The molecule has 2 aliphatic rings. The summed E-state index contributed by atoms with van der Waals surface area (Å²) in [5.74, 6) is 1.39. The number of anilines is 1. The molecule has 1 atom stereocenters. The van der Waals surface area contributed by atoms with Gasteiger partial charge in [0.1, 0.15) is 12.1 Å². The van der Waals surface area contributed by atoms with Crippen molar-refractivity contribution in [2.24, 2.45) is 11.3 Å². The van der Waals surface area contributed by atoms with Crippen molar-refractivity contribution in [3.8, 4) is 0 Å². The molecule has 2 aromatic rings. The Morgan fingerprint density at radius 1 is 1.36 bits per heavy atom. The Kier molecular flexibility index (Phi) is 2.70. The Morgan fingerprint density at radius 2 is 2.09 bits per heavy atom. The van der Waals surface area contributed by atoms with Gasteiger partial charge in [-0.15, -0.1) is 15.3 Å². The molecule has 22 heavy (non-hydrogen) atoms. The van der Waals surface area contributed by atoms with Gasteiger partial charge in [-0.1, -0.05) is 13.8 Å². The molecule has 1 amide bonds. The van der Waals surface area contributed by atoms with Crippen LogP contribution in [0.25, 0.3) is 5.65 Å². The van der Waals surface area contributed by atoms with E-state index in [1.807, 2.05) is 24.1 Å². The number of fused-ring (bicyclic) bond motifs is 1. The molecule has 0 aromatic carbocycles. The second kappa shape index (κ2) is 4.41. The van der Waals surface area contributed by atoms with Crippen LogP contribution in [0.2, 0.25) is 0 Å². The van der Waals surface area contributed by atoms with E-state index in [1.54, 1.807) is 10.8 Å². The zero-order chi connectivity index (χ0) is 15.5. The SMILES string of the molecule is CN(C(=O)C1CC1(C)C)C1CN(c2ccc3nncn3n2)C1. The first-order valence-corrected chi connectivity index (χ1v) is 7.64. The van der Waals surface area contributed by atoms with Crippen LogP contribution in [0, 0.1) is 11.3 Å². The van der Waals surface area contributed by atoms with E-state index in [-0.39, 0.29) is 23.3 Å². The summed E-state index contributed by atoms with van der Waals surface area (Å²) in [5.41, 5.74) is 0.930. The number of likely N-dealkylation sites (N-methyl/N-ethyl adjacent to an activating group) is 1. The van der Waals surface area contributed by atoms with Crippen molar-refractivity contribution in [1.82, 2.24) is 24.7 Å². The van der Waals surface area contributed by atoms with Crippen molar-refractivity contribution in [3.05, 3.63) is 18.5 Å². The van der Waals surface area contributed by atoms with Crippen LogP contribution in [0.4, 0.5) is 5.82 Å². The van der Waals surface area contributed by atoms with Crippen molar-refractivity contribution < 1.29 is 4.79 Å². The van der Waals surface area contributed by atoms with Gasteiger partial charge in [0.2, 0.25) is 5.91 Å². The Bertz CT molecular complexity index is 732. The number of aromatic nitrogens is 4. The summed E-state index contributed by atoms with van der Waals surface area (Å²) in [5, 5.41) is 12.3. The minimum absolute atomic E-state index is 0.190. The second-order valence-electron chi connectivity index (χ2n) is 7.08. The molecule has 1 saturated carbocycles. The fraction of sp³-hybridized carbons (Fsp3) is 0.600. The van der Waals surface area contributed by atoms with Gasteiger partial charge >= 0.3 is 0 Å². The summed E-state index contributed by atoms with van der Waals surface area (Å²) in [6.07, 6.45) is 2.61. The molecule has 1 aliphatic heterocycles. The van der Waals surface area contributed by atoms with Gasteiger partial charge in [0.05, 0.1) is 6.04 Å². The normalized spacial score (nSPS) is 23.4. The molecular weight excluding hydrogens is 280 g/mol. The van der Waals surface area contributed by atoms with E-state index < -0.39 is 0 Å². The summed E-state index contributed by atoms with van der Waals surface area (Å²) in [6.45, 7) is 5.98. The molecule has 3 heterocycles. The van der Waals surface area contributed by atoms with E-state index >= 15 is 0 Å². The average Bonchev–Trinajstić information content (AvgIpc) is 2.85. The van der Waals surface area contributed by atoms with Crippen LogP contribution >= 0.6 is 0 Å². The number of rotatable bonds is 3. The third kappa shape index (κ3) is 2.03. The zero-order valence-electron chi connectivity index (χ0n) is 13.1. The molecule has 2 aromatic heterocycles. The van der Waals surface area contributed by atoms with E-state index in [0.717, 1.165) is 31.0 Å². The molecule has 0 bridgehead atoms. The Balaban J connectivity index is 1.40. The zero-order valence-corrected chi connectivity index (χ0v) is 13.1. The summed E-state index contributed by atoms with van der Waals surface area (Å²) >= 11 is 0. The van der Waals surface area contributed by atoms with E-state index in [4.69, 9.17) is 0 Å². The first-order valence-electron chi connectivity index (χ1n) is 7.64. The van der Waals surface area contributed by atoms with Crippen molar-refractivity contribution in [2.45, 2.75) is 26.3 Å². The van der Waals surface area contributed by atoms with Crippen molar-refractivity contribution in [2.75, 3.05) is 25.0 Å². The maximum atomic E-state index is 12.4. The number of carbonyl (C=O) groups excluding carboxylic acids is 1. The quantitative estimate of drug-likeness (QED) is 0.839. The highest BCUT2D eigenvalue weighted by atomic mass is 16.2. The molecule has 116 valence electrons. The molecular formula is C15H20N6O. The molecule has 0 N–H and O–H groups in total. The van der Waals surface area contributed by atoms with Crippen LogP contribution in [-0.2, 0) is 4.79 Å². The highest BCUT2D eigenvalue weighted by Crippen LogP contribution is 2.52. The molecule has 0 radical (unpaired) electrons. The van der Waals surface area contributed by atoms with E-state index in [1.165, 1.54) is 0 Å². The largest absolute Gasteiger partial charge is 0.351 e. The summed E-state index contributed by atoms with van der Waals surface area (Å²) in [6, 6.07) is 4.14. The predicted octanol–water partition coefficient (Wildman–Crippen LogP) is 0.817. The predicted molar refractivity (Wildman–Crippen MR) is 81.4 cm³/mol. The van der Waals surface area contributed by atoms with Gasteiger partial charge in [-0.2, -0.15) is 4.52 Å². The van der Waals surface area contributed by atoms with Crippen LogP contribution in [0.5, 0.6) is 0 Å². The van der Waals surface area contributed by atoms with Gasteiger partial charge in [-0.3, -0.25) is 4.79 Å². The lowest BCUT2D eigenvalue weighted by Gasteiger charge is -2.44. The number of amides is 1. The summed E-state index contributed by atoms with van der Waals surface area (Å²) in [4.78, 5) is 16.5. The van der Waals surface area contributed by atoms with Crippen LogP contribution in [0.1, 0.15) is 20.3 Å². The highest BCUT2D eigenvalue weighted by molar-refractivity contribution is 5.83. The molecule has 1 saturated heterocycles. The second-order valence-corrected chi connectivity index (χ2v) is 7.08. The minimum atomic E-state index is 0.190. The smallest absolute Gasteiger partial charge is 0.226 e. The maximum absolute atomic E-state index is 12.4. The lowest BCUT2D eigenvalue weighted by molar-refractivity contribution is -0.134. The van der Waals surface area contributed by atoms with Gasteiger partial charge in [0, 0.05) is 26.1 Å². The molecule has 2 fully saturated rings. The lowest BCUT2D eigenvalue weighted by atomic mass is 10.1. The topological polar surface area (TPSA) is 66.6 Å². The van der Waals surface area contributed by atoms with Crippen LogP contribution in [0.15, 0.2) is 18.5 Å². The van der Waals surface area contributed by atoms with Gasteiger partial charge in [-0.05, 0) is 24.0 Å². The molecule has 4 rings (SSSR count). The first-order chi connectivity index (χ1) is 10.5. The van der Waals surface area contributed by atoms with Crippen LogP contribution in [0.3, 0.4) is 0 Å². The average molecular weight is 300 g/mol. The van der Waals surface area contributed by atoms with E-state index in [9.17, 15) is 4.79 Å². The van der Waals surface area contributed by atoms with E-state index in [2.05, 4.69) is 34.0 Å². The van der Waals surface area contributed by atoms with E-state index in [0.29, 0.717) is 0 Å². The number of hydrogen-bond donors (Lipinski definition) is 0.